The lowest BCUT2D eigenvalue weighted by molar-refractivity contribution is -0.137. The molecule has 0 atom stereocenters. The number of aromatic nitrogens is 3. The van der Waals surface area contributed by atoms with Gasteiger partial charge in [0.2, 0.25) is 17.7 Å². The van der Waals surface area contributed by atoms with E-state index in [2.05, 4.69) is 30.0 Å². The third-order valence-electron chi connectivity index (χ3n) is 8.25. The molecule has 0 bridgehead atoms. The molecular weight excluding hydrogens is 617 g/mol. The van der Waals surface area contributed by atoms with Crippen molar-refractivity contribution in [3.8, 4) is 23.0 Å². The van der Waals surface area contributed by atoms with Crippen molar-refractivity contribution >= 4 is 40.9 Å². The number of nitrogens with zero attached hydrogens (tertiary/aromatic N) is 6. The summed E-state index contributed by atoms with van der Waals surface area (Å²) < 4.78 is 6.13. The van der Waals surface area contributed by atoms with Gasteiger partial charge in [-0.1, -0.05) is 23.2 Å². The maximum absolute atomic E-state index is 11.3. The molecule has 1 aromatic carbocycles. The molecule has 5 rings (SSSR count). The SMILES string of the molecule is CC(=O)NCC1CCN(CCc2cc(Oc3cnc(N4CCN(CCC(=O)O)CC4)cn3)nc(-c3cc(Cl)cc(Cl)c3)c2)CC1. The van der Waals surface area contributed by atoms with Gasteiger partial charge in [-0.3, -0.25) is 14.5 Å². The largest absolute Gasteiger partial charge is 0.481 e. The summed E-state index contributed by atoms with van der Waals surface area (Å²) in [6.07, 6.45) is 6.37. The van der Waals surface area contributed by atoms with E-state index in [9.17, 15) is 9.59 Å². The highest BCUT2D eigenvalue weighted by molar-refractivity contribution is 6.35. The van der Waals surface area contributed by atoms with Crippen LogP contribution in [0.15, 0.2) is 42.7 Å². The van der Waals surface area contributed by atoms with Crippen LogP contribution in [0.25, 0.3) is 11.3 Å². The monoisotopic (exact) mass is 655 g/mol. The number of anilines is 1. The number of piperazine rings is 1. The summed E-state index contributed by atoms with van der Waals surface area (Å²) in [7, 11) is 0. The number of nitrogens with one attached hydrogen (secondary N) is 1. The first-order chi connectivity index (χ1) is 21.7. The number of amides is 1. The average molecular weight is 657 g/mol. The normalized spacial score (nSPS) is 16.5. The Balaban J connectivity index is 1.24. The van der Waals surface area contributed by atoms with E-state index < -0.39 is 5.97 Å². The highest BCUT2D eigenvalue weighted by Gasteiger charge is 2.21. The number of hydrogen-bond donors (Lipinski definition) is 2. The Hall–Kier alpha value is -3.51. The summed E-state index contributed by atoms with van der Waals surface area (Å²) in [4.78, 5) is 42.7. The minimum absolute atomic E-state index is 0.0247. The van der Waals surface area contributed by atoms with Crippen molar-refractivity contribution in [2.75, 3.05) is 63.8 Å². The van der Waals surface area contributed by atoms with Gasteiger partial charge in [0, 0.05) is 74.4 Å². The summed E-state index contributed by atoms with van der Waals surface area (Å²) in [6, 6.07) is 9.34. The van der Waals surface area contributed by atoms with Crippen LogP contribution in [0.1, 0.15) is 31.7 Å². The van der Waals surface area contributed by atoms with Gasteiger partial charge in [-0.15, -0.1) is 0 Å². The van der Waals surface area contributed by atoms with Gasteiger partial charge in [-0.25, -0.2) is 15.0 Å². The molecule has 11 nitrogen and oxygen atoms in total. The Morgan fingerprint density at radius 2 is 1.62 bits per heavy atom. The topological polar surface area (TPSA) is 124 Å². The molecule has 2 saturated heterocycles. The number of carboxylic acids is 1. The summed E-state index contributed by atoms with van der Waals surface area (Å²) >= 11 is 12.6. The molecule has 2 aliphatic heterocycles. The highest BCUT2D eigenvalue weighted by Crippen LogP contribution is 2.30. The molecule has 0 spiro atoms. The van der Waals surface area contributed by atoms with Crippen molar-refractivity contribution in [2.24, 2.45) is 5.92 Å². The number of hydrogen-bond acceptors (Lipinski definition) is 9. The predicted octanol–water partition coefficient (Wildman–Crippen LogP) is 4.63. The average Bonchev–Trinajstić information content (AvgIpc) is 3.02. The molecule has 0 unspecified atom stereocenters. The van der Waals surface area contributed by atoms with E-state index in [0.29, 0.717) is 40.0 Å². The number of carbonyl (C=O) groups is 2. The molecule has 240 valence electrons. The van der Waals surface area contributed by atoms with Gasteiger partial charge in [0.25, 0.3) is 0 Å². The van der Waals surface area contributed by atoms with Gasteiger partial charge in [0.05, 0.1) is 24.5 Å². The maximum Gasteiger partial charge on any atom is 0.304 e. The van der Waals surface area contributed by atoms with Crippen LogP contribution in [0.2, 0.25) is 10.0 Å². The minimum atomic E-state index is -0.779. The Bertz CT molecular complexity index is 1440. The van der Waals surface area contributed by atoms with Crippen LogP contribution < -0.4 is 15.0 Å². The fourth-order valence-electron chi connectivity index (χ4n) is 5.68. The number of ether oxygens (including phenoxy) is 1. The van der Waals surface area contributed by atoms with Gasteiger partial charge in [-0.2, -0.15) is 0 Å². The van der Waals surface area contributed by atoms with Gasteiger partial charge in [0.15, 0.2) is 0 Å². The number of rotatable bonds is 12. The molecule has 2 aromatic heterocycles. The Morgan fingerprint density at radius 3 is 2.27 bits per heavy atom. The second-order valence-electron chi connectivity index (χ2n) is 11.6. The number of carboxylic acid groups (broad SMARTS) is 1. The Morgan fingerprint density at radius 1 is 0.911 bits per heavy atom. The molecule has 1 amide bonds. The molecule has 13 heteroatoms. The van der Waals surface area contributed by atoms with Crippen molar-refractivity contribution in [3.05, 3.63) is 58.3 Å². The highest BCUT2D eigenvalue weighted by atomic mass is 35.5. The van der Waals surface area contributed by atoms with E-state index in [1.54, 1.807) is 25.4 Å². The molecule has 3 aromatic rings. The van der Waals surface area contributed by atoms with Gasteiger partial charge in [-0.05, 0) is 68.1 Å². The predicted molar refractivity (Wildman–Crippen MR) is 174 cm³/mol. The maximum atomic E-state index is 11.3. The van der Waals surface area contributed by atoms with Gasteiger partial charge < -0.3 is 25.0 Å². The molecule has 2 aliphatic rings. The Labute approximate surface area is 273 Å². The number of aliphatic carboxylic acids is 1. The van der Waals surface area contributed by atoms with Crippen LogP contribution in [-0.4, -0.2) is 101 Å². The summed E-state index contributed by atoms with van der Waals surface area (Å²) in [5.74, 6) is 1.25. The van der Waals surface area contributed by atoms with Crippen molar-refractivity contribution in [1.29, 1.82) is 0 Å². The Kier molecular flexibility index (Phi) is 11.4. The first-order valence-corrected chi connectivity index (χ1v) is 16.1. The lowest BCUT2D eigenvalue weighted by Gasteiger charge is -2.34. The fourth-order valence-corrected chi connectivity index (χ4v) is 6.21. The third-order valence-corrected chi connectivity index (χ3v) is 8.68. The van der Waals surface area contributed by atoms with Gasteiger partial charge >= 0.3 is 5.97 Å². The lowest BCUT2D eigenvalue weighted by Crippen LogP contribution is -2.47. The molecule has 0 saturated carbocycles. The first-order valence-electron chi connectivity index (χ1n) is 15.3. The lowest BCUT2D eigenvalue weighted by atomic mass is 9.96. The molecule has 45 heavy (non-hydrogen) atoms. The van der Waals surface area contributed by atoms with E-state index in [4.69, 9.17) is 38.0 Å². The van der Waals surface area contributed by atoms with Gasteiger partial charge in [0.1, 0.15) is 5.82 Å². The quantitative estimate of drug-likeness (QED) is 0.285. The van der Waals surface area contributed by atoms with Crippen molar-refractivity contribution < 1.29 is 19.4 Å². The number of halogens is 2. The van der Waals surface area contributed by atoms with Crippen LogP contribution >= 0.6 is 23.2 Å². The zero-order valence-electron chi connectivity index (χ0n) is 25.4. The smallest absolute Gasteiger partial charge is 0.304 e. The summed E-state index contributed by atoms with van der Waals surface area (Å²) in [6.45, 7) is 8.78. The standard InChI is InChI=1S/C32H39Cl2N7O4/c1-22(42)35-19-23-2-6-39(7-3-23)8-4-24-14-28(25-16-26(33)18-27(34)17-25)38-30(15-24)45-31-21-36-29(20-37-31)41-12-10-40(11-13-41)9-5-32(43)44/h14-18,20-21,23H,2-13,19H2,1H3,(H,35,42)(H,43,44). The number of carbonyl (C=O) groups excluding carboxylic acids is 1. The number of likely N-dealkylation sites (tertiary alicyclic amines) is 1. The van der Waals surface area contributed by atoms with E-state index in [1.165, 1.54) is 0 Å². The second-order valence-corrected chi connectivity index (χ2v) is 12.5. The molecule has 0 radical (unpaired) electrons. The number of pyridine rings is 1. The third kappa shape index (κ3) is 9.99. The van der Waals surface area contributed by atoms with Crippen LogP contribution in [-0.2, 0) is 16.0 Å². The number of piperidine rings is 1. The van der Waals surface area contributed by atoms with Crippen LogP contribution in [0, 0.1) is 5.92 Å². The zero-order chi connectivity index (χ0) is 31.8. The van der Waals surface area contributed by atoms with E-state index in [1.807, 2.05) is 24.3 Å². The first kappa shape index (κ1) is 32.9. The van der Waals surface area contributed by atoms with Crippen LogP contribution in [0.4, 0.5) is 5.82 Å². The van der Waals surface area contributed by atoms with E-state index in [-0.39, 0.29) is 12.3 Å². The molecule has 4 heterocycles. The van der Waals surface area contributed by atoms with E-state index in [0.717, 1.165) is 88.6 Å². The molecule has 2 N–H and O–H groups in total. The second kappa shape index (κ2) is 15.7. The minimum Gasteiger partial charge on any atom is -0.481 e. The molecular formula is C32H39Cl2N7O4. The van der Waals surface area contributed by atoms with Crippen LogP contribution in [0.5, 0.6) is 11.8 Å². The van der Waals surface area contributed by atoms with E-state index >= 15 is 0 Å². The summed E-state index contributed by atoms with van der Waals surface area (Å²) in [5.41, 5.74) is 2.56. The fraction of sp³-hybridized carbons (Fsp3) is 0.469. The molecule has 2 fully saturated rings. The molecule has 0 aliphatic carbocycles. The number of benzene rings is 1. The zero-order valence-corrected chi connectivity index (χ0v) is 26.9. The van der Waals surface area contributed by atoms with Crippen molar-refractivity contribution in [3.63, 3.8) is 0 Å². The van der Waals surface area contributed by atoms with Crippen molar-refractivity contribution in [2.45, 2.75) is 32.6 Å². The van der Waals surface area contributed by atoms with Crippen LogP contribution in [0.3, 0.4) is 0 Å². The summed E-state index contributed by atoms with van der Waals surface area (Å²) in [5, 5.41) is 12.9. The van der Waals surface area contributed by atoms with Crippen molar-refractivity contribution in [1.82, 2.24) is 30.1 Å².